The van der Waals surface area contributed by atoms with Gasteiger partial charge < -0.3 is 5.32 Å². The zero-order chi connectivity index (χ0) is 33.2. The van der Waals surface area contributed by atoms with E-state index in [4.69, 9.17) is 0 Å². The van der Waals surface area contributed by atoms with Crippen molar-refractivity contribution in [3.63, 3.8) is 0 Å². The minimum absolute atomic E-state index is 0.257. The molecule has 0 spiro atoms. The third kappa shape index (κ3) is 27.0. The first-order chi connectivity index (χ1) is 22.7. The van der Waals surface area contributed by atoms with Crippen LogP contribution >= 0.6 is 12.6 Å². The highest BCUT2D eigenvalue weighted by Crippen LogP contribution is 2.26. The third-order valence-corrected chi connectivity index (χ3v) is 10.2. The van der Waals surface area contributed by atoms with Gasteiger partial charge in [-0.25, -0.2) is 0 Å². The van der Waals surface area contributed by atoms with Gasteiger partial charge in [-0.2, -0.15) is 0 Å². The lowest BCUT2D eigenvalue weighted by molar-refractivity contribution is 0.270. The van der Waals surface area contributed by atoms with Gasteiger partial charge in [0.2, 0.25) is 0 Å². The van der Waals surface area contributed by atoms with E-state index in [-0.39, 0.29) is 5.24 Å². The van der Waals surface area contributed by atoms with Gasteiger partial charge in [0.05, 0.1) is 0 Å². The fraction of sp³-hybridized carbons (Fsp3) is 0.837. The summed E-state index contributed by atoms with van der Waals surface area (Å²) in [6, 6.07) is 6.46. The maximum Gasteiger partial charge on any atom is 0.280 e. The Morgan fingerprint density at radius 1 is 0.457 bits per heavy atom. The van der Waals surface area contributed by atoms with Gasteiger partial charge in [-0.3, -0.25) is 4.79 Å². The summed E-state index contributed by atoms with van der Waals surface area (Å²) in [7, 11) is 0. The maximum atomic E-state index is 11.8. The Hall–Kier alpha value is -0.960. The number of nitrogens with one attached hydrogen (secondary N) is 1. The molecule has 0 heterocycles. The summed E-state index contributed by atoms with van der Waals surface area (Å²) in [6.07, 6.45) is 47.0. The average molecular weight is 658 g/mol. The summed E-state index contributed by atoms with van der Waals surface area (Å²) < 4.78 is 0. The van der Waals surface area contributed by atoms with Crippen LogP contribution in [-0.2, 0) is 12.8 Å². The van der Waals surface area contributed by atoms with E-state index < -0.39 is 0 Å². The molecule has 0 aliphatic rings. The largest absolute Gasteiger partial charge is 0.317 e. The molecule has 0 aromatic heterocycles. The highest BCUT2D eigenvalue weighted by atomic mass is 32.1. The molecule has 1 aromatic rings. The topological polar surface area (TPSA) is 29.1 Å². The van der Waals surface area contributed by atoms with Crippen LogP contribution in [0.3, 0.4) is 0 Å². The zero-order valence-electron chi connectivity index (χ0n) is 31.1. The molecule has 0 atom stereocenters. The highest BCUT2D eigenvalue weighted by Gasteiger charge is 2.10. The SMILES string of the molecule is CCCCCCCCCCCCCCCCCCc1cccc(NC(=O)S)c1CCCCCCCCCCCCCCCCCC. The van der Waals surface area contributed by atoms with Crippen molar-refractivity contribution in [3.05, 3.63) is 29.3 Å². The number of hydrogen-bond acceptors (Lipinski definition) is 1. The lowest BCUT2D eigenvalue weighted by Gasteiger charge is -2.15. The Morgan fingerprint density at radius 2 is 0.761 bits per heavy atom. The number of benzene rings is 1. The Bertz CT molecular complexity index is 793. The van der Waals surface area contributed by atoms with Crippen molar-refractivity contribution in [3.8, 4) is 0 Å². The number of unbranched alkanes of at least 4 members (excludes halogenated alkanes) is 30. The molecule has 0 bridgehead atoms. The number of hydrogen-bond donors (Lipinski definition) is 2. The number of aryl methyl sites for hydroxylation is 1. The summed E-state index contributed by atoms with van der Waals surface area (Å²) in [5.74, 6) is 0. The molecule has 1 amide bonds. The lowest BCUT2D eigenvalue weighted by Crippen LogP contribution is -2.07. The molecule has 0 unspecified atom stereocenters. The van der Waals surface area contributed by atoms with E-state index in [9.17, 15) is 4.79 Å². The minimum atomic E-state index is -0.257. The van der Waals surface area contributed by atoms with Crippen molar-refractivity contribution in [1.29, 1.82) is 0 Å². The van der Waals surface area contributed by atoms with Crippen LogP contribution in [0.25, 0.3) is 0 Å². The third-order valence-electron chi connectivity index (χ3n) is 10.1. The second kappa shape index (κ2) is 33.9. The second-order valence-electron chi connectivity index (χ2n) is 14.5. The van der Waals surface area contributed by atoms with Crippen molar-refractivity contribution < 1.29 is 4.79 Å². The normalized spacial score (nSPS) is 11.4. The molecular weight excluding hydrogens is 579 g/mol. The van der Waals surface area contributed by atoms with Crippen LogP contribution in [0.15, 0.2) is 18.2 Å². The first-order valence-electron chi connectivity index (χ1n) is 20.8. The van der Waals surface area contributed by atoms with E-state index in [0.717, 1.165) is 18.5 Å². The predicted octanol–water partition coefficient (Wildman–Crippen LogP) is 15.8. The fourth-order valence-electron chi connectivity index (χ4n) is 7.11. The van der Waals surface area contributed by atoms with Crippen LogP contribution < -0.4 is 5.32 Å². The van der Waals surface area contributed by atoms with Gasteiger partial charge in [0.15, 0.2) is 0 Å². The van der Waals surface area contributed by atoms with Crippen LogP contribution in [0.5, 0.6) is 0 Å². The standard InChI is InChI=1S/C43H79NOS/c1-3-5-7-9-11-13-15-17-19-21-23-25-27-29-31-33-36-40-37-35-39-42(44-43(45)46)41(40)38-34-32-30-28-26-24-22-20-18-16-14-12-10-8-6-4-2/h35,37,39H,3-34,36,38H2,1-2H3,(H2,44,45,46). The van der Waals surface area contributed by atoms with Crippen LogP contribution in [0.4, 0.5) is 10.5 Å². The molecule has 0 fully saturated rings. The summed E-state index contributed by atoms with van der Waals surface area (Å²) in [4.78, 5) is 11.8. The maximum absolute atomic E-state index is 11.8. The molecule has 2 nitrogen and oxygen atoms in total. The van der Waals surface area contributed by atoms with Crippen molar-refractivity contribution in [1.82, 2.24) is 0 Å². The van der Waals surface area contributed by atoms with Crippen molar-refractivity contribution >= 4 is 23.6 Å². The van der Waals surface area contributed by atoms with Gasteiger partial charge in [-0.15, -0.1) is 0 Å². The molecule has 1 rings (SSSR count). The van der Waals surface area contributed by atoms with Crippen LogP contribution in [0, 0.1) is 0 Å². The monoisotopic (exact) mass is 658 g/mol. The van der Waals surface area contributed by atoms with Gasteiger partial charge in [0.1, 0.15) is 0 Å². The first kappa shape index (κ1) is 43.1. The van der Waals surface area contributed by atoms with E-state index in [1.807, 2.05) is 0 Å². The number of carbonyl (C=O) groups is 1. The van der Waals surface area contributed by atoms with E-state index >= 15 is 0 Å². The molecule has 1 aromatic carbocycles. The number of thiol groups is 1. The molecular formula is C43H79NOS. The van der Waals surface area contributed by atoms with Crippen LogP contribution in [-0.4, -0.2) is 5.24 Å². The number of anilines is 1. The molecule has 0 saturated heterocycles. The summed E-state index contributed by atoms with van der Waals surface area (Å²) in [5, 5.41) is 2.74. The molecule has 0 saturated carbocycles. The Labute approximate surface area is 294 Å². The minimum Gasteiger partial charge on any atom is -0.317 e. The molecule has 268 valence electrons. The molecule has 46 heavy (non-hydrogen) atoms. The highest BCUT2D eigenvalue weighted by molar-refractivity contribution is 7.96. The Morgan fingerprint density at radius 3 is 1.09 bits per heavy atom. The Kier molecular flexibility index (Phi) is 31.8. The molecule has 0 aliphatic heterocycles. The van der Waals surface area contributed by atoms with Gasteiger partial charge in [-0.05, 0) is 42.9 Å². The van der Waals surface area contributed by atoms with Crippen molar-refractivity contribution in [2.45, 2.75) is 232 Å². The van der Waals surface area contributed by atoms with Crippen LogP contribution in [0.1, 0.15) is 230 Å². The van der Waals surface area contributed by atoms with Crippen molar-refractivity contribution in [2.75, 3.05) is 5.32 Å². The van der Waals surface area contributed by atoms with E-state index in [1.165, 1.54) is 217 Å². The average Bonchev–Trinajstić information content (AvgIpc) is 3.05. The molecule has 0 radical (unpaired) electrons. The zero-order valence-corrected chi connectivity index (χ0v) is 32.0. The Balaban J connectivity index is 2.12. The van der Waals surface area contributed by atoms with E-state index in [1.54, 1.807) is 0 Å². The number of amides is 1. The van der Waals surface area contributed by atoms with Gasteiger partial charge >= 0.3 is 0 Å². The number of carbonyl (C=O) groups excluding carboxylic acids is 1. The second-order valence-corrected chi connectivity index (χ2v) is 14.9. The van der Waals surface area contributed by atoms with Crippen LogP contribution in [0.2, 0.25) is 0 Å². The smallest absolute Gasteiger partial charge is 0.280 e. The molecule has 1 N–H and O–H groups in total. The summed E-state index contributed by atoms with van der Waals surface area (Å²) in [6.45, 7) is 4.59. The summed E-state index contributed by atoms with van der Waals surface area (Å²) in [5.41, 5.74) is 3.78. The number of rotatable bonds is 35. The summed E-state index contributed by atoms with van der Waals surface area (Å²) >= 11 is 4.01. The quantitative estimate of drug-likeness (QED) is 0.0552. The van der Waals surface area contributed by atoms with E-state index in [2.05, 4.69) is 50.0 Å². The van der Waals surface area contributed by atoms with Gasteiger partial charge in [-0.1, -0.05) is 231 Å². The van der Waals surface area contributed by atoms with E-state index in [0.29, 0.717) is 0 Å². The van der Waals surface area contributed by atoms with Gasteiger partial charge in [0, 0.05) is 5.69 Å². The predicted molar refractivity (Wildman–Crippen MR) is 211 cm³/mol. The first-order valence-corrected chi connectivity index (χ1v) is 21.2. The fourth-order valence-corrected chi connectivity index (χ4v) is 7.23. The molecule has 3 heteroatoms. The van der Waals surface area contributed by atoms with Crippen molar-refractivity contribution in [2.24, 2.45) is 0 Å². The molecule has 0 aliphatic carbocycles. The van der Waals surface area contributed by atoms with Gasteiger partial charge in [0.25, 0.3) is 5.24 Å². The lowest BCUT2D eigenvalue weighted by atomic mass is 9.94.